The van der Waals surface area contributed by atoms with Gasteiger partial charge in [0, 0.05) is 17.6 Å². The predicted molar refractivity (Wildman–Crippen MR) is 124 cm³/mol. The van der Waals surface area contributed by atoms with Crippen LogP contribution in [-0.2, 0) is 4.74 Å². The smallest absolute Gasteiger partial charge is 0.167 e. The minimum Gasteiger partial charge on any atom is -0.374 e. The number of nitrogens with zero attached hydrogens (tertiary/aromatic N) is 3. The lowest BCUT2D eigenvalue weighted by Gasteiger charge is -2.15. The molecule has 1 N–H and O–H groups in total. The molecule has 2 aromatic heterocycles. The highest BCUT2D eigenvalue weighted by Crippen LogP contribution is 2.38. The molecule has 1 aliphatic heterocycles. The van der Waals surface area contributed by atoms with E-state index in [-0.39, 0.29) is 6.10 Å². The number of thioether (sulfide) groups is 1. The van der Waals surface area contributed by atoms with Crippen LogP contribution in [0.1, 0.15) is 30.3 Å². The van der Waals surface area contributed by atoms with Crippen LogP contribution in [0.15, 0.2) is 29.2 Å². The molecule has 4 rings (SSSR count). The van der Waals surface area contributed by atoms with Crippen LogP contribution in [0.25, 0.3) is 11.2 Å². The van der Waals surface area contributed by atoms with E-state index in [9.17, 15) is 0 Å². The third kappa shape index (κ3) is 3.94. The molecule has 0 aliphatic carbocycles. The Morgan fingerprint density at radius 1 is 1.33 bits per heavy atom. The minimum atomic E-state index is 0.218. The summed E-state index contributed by atoms with van der Waals surface area (Å²) in [6.45, 7) is 2.85. The van der Waals surface area contributed by atoms with Crippen LogP contribution in [0.4, 0.5) is 11.4 Å². The summed E-state index contributed by atoms with van der Waals surface area (Å²) in [6, 6.07) is 8.33. The molecule has 5 nitrogen and oxygen atoms in total. The second-order valence-corrected chi connectivity index (χ2v) is 9.63. The molecule has 27 heavy (non-hydrogen) atoms. The summed E-state index contributed by atoms with van der Waals surface area (Å²) in [5.74, 6) is 0.939. The number of aromatic nitrogens is 3. The molecular weight excluding hydrogens is 514 g/mol. The summed E-state index contributed by atoms with van der Waals surface area (Å²) in [5, 5.41) is 3.99. The standard InChI is InChI=1S/C18H19ClIN4OPS/c1-10-21-17-13(9-16(19)23-18(17)24(10)26-20)22-12-6-5-11(8-15(12)27-2)14-4-3-7-25-14/h5-6,8-9,14,26H,3-4,7H2,1-2H3,(H,22,23). The van der Waals surface area contributed by atoms with Crippen molar-refractivity contribution >= 4 is 74.3 Å². The van der Waals surface area contributed by atoms with Crippen LogP contribution in [0.3, 0.4) is 0 Å². The third-order valence-corrected chi connectivity index (χ3v) is 7.76. The Hall–Kier alpha value is -0.600. The molecule has 1 saturated heterocycles. The fourth-order valence-corrected chi connectivity index (χ4v) is 6.24. The molecule has 0 amide bonds. The number of pyridine rings is 1. The van der Waals surface area contributed by atoms with Gasteiger partial charge in [0.1, 0.15) is 16.5 Å². The van der Waals surface area contributed by atoms with Gasteiger partial charge in [-0.25, -0.2) is 9.97 Å². The lowest BCUT2D eigenvalue weighted by Crippen LogP contribution is -1.99. The Morgan fingerprint density at radius 2 is 2.19 bits per heavy atom. The molecule has 0 saturated carbocycles. The SMILES string of the molecule is CSc1cc(C2CCCO2)ccc1Nc1cc(Cl)nc2c1nc(C)n2PI. The van der Waals surface area contributed by atoms with Gasteiger partial charge in [0.05, 0.1) is 23.9 Å². The van der Waals surface area contributed by atoms with Crippen molar-refractivity contribution in [2.45, 2.75) is 30.8 Å². The maximum atomic E-state index is 6.30. The molecule has 0 bridgehead atoms. The Balaban J connectivity index is 1.73. The van der Waals surface area contributed by atoms with Gasteiger partial charge in [0.15, 0.2) is 5.65 Å². The quantitative estimate of drug-likeness (QED) is 0.176. The van der Waals surface area contributed by atoms with E-state index in [0.717, 1.165) is 47.8 Å². The summed E-state index contributed by atoms with van der Waals surface area (Å²) < 4.78 is 7.92. The van der Waals surface area contributed by atoms with E-state index in [4.69, 9.17) is 21.3 Å². The number of hydrogen-bond donors (Lipinski definition) is 1. The van der Waals surface area contributed by atoms with Crippen LogP contribution >= 0.6 is 51.8 Å². The maximum Gasteiger partial charge on any atom is 0.167 e. The molecule has 2 unspecified atom stereocenters. The number of anilines is 2. The van der Waals surface area contributed by atoms with Crippen molar-refractivity contribution in [2.75, 3.05) is 18.2 Å². The van der Waals surface area contributed by atoms with Crippen LogP contribution in [0.5, 0.6) is 0 Å². The highest BCUT2D eigenvalue weighted by atomic mass is 127. The van der Waals surface area contributed by atoms with Crippen molar-refractivity contribution in [3.8, 4) is 0 Å². The highest BCUT2D eigenvalue weighted by molar-refractivity contribution is 14.2. The first-order chi connectivity index (χ1) is 13.1. The second-order valence-electron chi connectivity index (χ2n) is 6.33. The summed E-state index contributed by atoms with van der Waals surface area (Å²) in [6.07, 6.45) is 5.05. The first-order valence-corrected chi connectivity index (χ1v) is 14.3. The fourth-order valence-electron chi connectivity index (χ4n) is 3.32. The average molecular weight is 533 g/mol. The second kappa shape index (κ2) is 8.41. The van der Waals surface area contributed by atoms with Gasteiger partial charge in [-0.3, -0.25) is 4.34 Å². The maximum absolute atomic E-state index is 6.30. The van der Waals surface area contributed by atoms with E-state index in [1.807, 2.05) is 13.0 Å². The molecule has 1 fully saturated rings. The number of imidazole rings is 1. The number of rotatable bonds is 5. The Kier molecular flexibility index (Phi) is 6.14. The van der Waals surface area contributed by atoms with Crippen LogP contribution in [-0.4, -0.2) is 27.2 Å². The van der Waals surface area contributed by atoms with Crippen molar-refractivity contribution < 1.29 is 4.74 Å². The number of ether oxygens (including phenoxy) is 1. The molecule has 0 radical (unpaired) electrons. The molecule has 3 aromatic rings. The normalized spacial score (nSPS) is 17.4. The topological polar surface area (TPSA) is 52.0 Å². The molecule has 9 heteroatoms. The average Bonchev–Trinajstić information content (AvgIpc) is 3.29. The van der Waals surface area contributed by atoms with E-state index in [0.29, 0.717) is 11.5 Å². The highest BCUT2D eigenvalue weighted by Gasteiger charge is 2.19. The lowest BCUT2D eigenvalue weighted by molar-refractivity contribution is 0.112. The Labute approximate surface area is 182 Å². The first-order valence-electron chi connectivity index (χ1n) is 8.59. The van der Waals surface area contributed by atoms with Crippen molar-refractivity contribution in [3.63, 3.8) is 0 Å². The zero-order chi connectivity index (χ0) is 19.0. The fraction of sp³-hybridized carbons (Fsp3) is 0.333. The first kappa shape index (κ1) is 19.7. The minimum absolute atomic E-state index is 0.218. The van der Waals surface area contributed by atoms with Crippen LogP contribution < -0.4 is 5.32 Å². The van der Waals surface area contributed by atoms with Gasteiger partial charge in [-0.1, -0.05) is 17.7 Å². The number of hydrogen-bond acceptors (Lipinski definition) is 5. The van der Waals surface area contributed by atoms with Crippen molar-refractivity contribution in [3.05, 3.63) is 40.8 Å². The molecule has 142 valence electrons. The van der Waals surface area contributed by atoms with Crippen LogP contribution in [0.2, 0.25) is 5.15 Å². The summed E-state index contributed by atoms with van der Waals surface area (Å²) in [5.41, 5.74) is 4.82. The van der Waals surface area contributed by atoms with Gasteiger partial charge >= 0.3 is 0 Å². The predicted octanol–water partition coefficient (Wildman–Crippen LogP) is 6.50. The molecule has 1 aliphatic rings. The van der Waals surface area contributed by atoms with E-state index < -0.39 is 0 Å². The lowest BCUT2D eigenvalue weighted by atomic mass is 10.1. The molecule has 0 spiro atoms. The third-order valence-electron chi connectivity index (χ3n) is 4.63. The number of fused-ring (bicyclic) bond motifs is 1. The van der Waals surface area contributed by atoms with E-state index in [2.05, 4.69) is 61.1 Å². The largest absolute Gasteiger partial charge is 0.374 e. The van der Waals surface area contributed by atoms with Gasteiger partial charge in [0.25, 0.3) is 0 Å². The molecular formula is C18H19ClIN4OPS. The van der Waals surface area contributed by atoms with Crippen molar-refractivity contribution in [1.82, 2.24) is 14.3 Å². The zero-order valence-electron chi connectivity index (χ0n) is 14.9. The number of aryl methyl sites for hydroxylation is 1. The number of benzene rings is 1. The molecule has 2 atom stereocenters. The van der Waals surface area contributed by atoms with E-state index in [1.165, 1.54) is 10.5 Å². The number of halogens is 2. The summed E-state index contributed by atoms with van der Waals surface area (Å²) >= 11 is 10.4. The molecule has 3 heterocycles. The summed E-state index contributed by atoms with van der Waals surface area (Å²) in [7, 11) is 0. The monoisotopic (exact) mass is 532 g/mol. The number of nitrogens with one attached hydrogen (secondary N) is 1. The zero-order valence-corrected chi connectivity index (χ0v) is 19.7. The van der Waals surface area contributed by atoms with Gasteiger partial charge in [-0.2, -0.15) is 0 Å². The van der Waals surface area contributed by atoms with E-state index in [1.54, 1.807) is 11.8 Å². The molecule has 1 aromatic carbocycles. The van der Waals surface area contributed by atoms with E-state index >= 15 is 0 Å². The van der Waals surface area contributed by atoms with Crippen molar-refractivity contribution in [1.29, 1.82) is 0 Å². The Bertz CT molecular complexity index is 993. The van der Waals surface area contributed by atoms with Crippen LogP contribution in [0, 0.1) is 6.92 Å². The van der Waals surface area contributed by atoms with Crippen molar-refractivity contribution in [2.24, 2.45) is 0 Å². The van der Waals surface area contributed by atoms with Gasteiger partial charge in [-0.15, -0.1) is 11.8 Å². The van der Waals surface area contributed by atoms with Gasteiger partial charge in [-0.05, 0) is 65.8 Å². The van der Waals surface area contributed by atoms with Gasteiger partial charge in [0.2, 0.25) is 0 Å². The Morgan fingerprint density at radius 3 is 2.89 bits per heavy atom. The summed E-state index contributed by atoms with van der Waals surface area (Å²) in [4.78, 5) is 10.4. The van der Waals surface area contributed by atoms with Gasteiger partial charge < -0.3 is 10.1 Å².